The molecule has 0 aliphatic heterocycles. The number of aliphatic carboxylic acids is 1. The molecule has 100 valence electrons. The van der Waals surface area contributed by atoms with Crippen molar-refractivity contribution < 1.29 is 14.7 Å². The minimum Gasteiger partial charge on any atom is -0.481 e. The molecule has 2 N–H and O–H groups in total. The third-order valence-corrected chi connectivity index (χ3v) is 2.82. The Balaban J connectivity index is 2.84. The number of hydrogen-bond acceptors (Lipinski definition) is 3. The summed E-state index contributed by atoms with van der Waals surface area (Å²) in [6.07, 6.45) is -0.126. The molecule has 0 fully saturated rings. The van der Waals surface area contributed by atoms with Gasteiger partial charge in [0.05, 0.1) is 17.0 Å². The van der Waals surface area contributed by atoms with Crippen molar-refractivity contribution in [3.05, 3.63) is 29.3 Å². The topological polar surface area (TPSA) is 90.2 Å². The van der Waals surface area contributed by atoms with Gasteiger partial charge in [0.15, 0.2) is 0 Å². The van der Waals surface area contributed by atoms with Crippen molar-refractivity contribution in [1.82, 2.24) is 0 Å². The first-order valence-electron chi connectivity index (χ1n) is 5.80. The second-order valence-corrected chi connectivity index (χ2v) is 5.06. The van der Waals surface area contributed by atoms with E-state index in [0.29, 0.717) is 11.3 Å². The first-order valence-corrected chi connectivity index (χ1v) is 5.80. The minimum atomic E-state index is -1.12. The highest BCUT2D eigenvalue weighted by Gasteiger charge is 2.30. The van der Waals surface area contributed by atoms with Gasteiger partial charge < -0.3 is 10.4 Å². The highest BCUT2D eigenvalue weighted by Crippen LogP contribution is 2.23. The number of carboxylic acid groups (broad SMARTS) is 1. The Morgan fingerprint density at radius 2 is 2.05 bits per heavy atom. The van der Waals surface area contributed by atoms with Gasteiger partial charge in [-0.25, -0.2) is 0 Å². The number of aryl methyl sites for hydroxylation is 1. The molecule has 0 spiro atoms. The maximum Gasteiger partial charge on any atom is 0.309 e. The van der Waals surface area contributed by atoms with Gasteiger partial charge >= 0.3 is 5.97 Å². The fourth-order valence-electron chi connectivity index (χ4n) is 1.50. The minimum absolute atomic E-state index is 0.126. The summed E-state index contributed by atoms with van der Waals surface area (Å²) in [5, 5.41) is 20.4. The standard InChI is InChI=1S/C14H16N2O3/c1-9-4-5-10(8-15)6-11(9)16-12(17)7-14(2,3)13(18)19/h4-6H,7H2,1-3H3,(H,16,17)(H,18,19). The third kappa shape index (κ3) is 3.81. The molecule has 1 aromatic carbocycles. The average molecular weight is 260 g/mol. The molecule has 0 saturated carbocycles. The summed E-state index contributed by atoms with van der Waals surface area (Å²) < 4.78 is 0. The summed E-state index contributed by atoms with van der Waals surface area (Å²) in [6.45, 7) is 4.79. The number of hydrogen-bond donors (Lipinski definition) is 2. The maximum absolute atomic E-state index is 11.8. The molecule has 0 atom stereocenters. The number of nitrogens with zero attached hydrogens (tertiary/aromatic N) is 1. The second kappa shape index (κ2) is 5.53. The van der Waals surface area contributed by atoms with E-state index in [4.69, 9.17) is 10.4 Å². The van der Waals surface area contributed by atoms with E-state index in [-0.39, 0.29) is 12.3 Å². The average Bonchev–Trinajstić information content (AvgIpc) is 2.31. The zero-order valence-corrected chi connectivity index (χ0v) is 11.2. The summed E-state index contributed by atoms with van der Waals surface area (Å²) in [6, 6.07) is 6.95. The summed E-state index contributed by atoms with van der Waals surface area (Å²) >= 11 is 0. The summed E-state index contributed by atoms with van der Waals surface area (Å²) in [5.41, 5.74) is 0.675. The number of carboxylic acids is 1. The van der Waals surface area contributed by atoms with Gasteiger partial charge in [-0.3, -0.25) is 9.59 Å². The number of amides is 1. The number of anilines is 1. The number of carbonyl (C=O) groups excluding carboxylic acids is 1. The quantitative estimate of drug-likeness (QED) is 0.869. The SMILES string of the molecule is Cc1ccc(C#N)cc1NC(=O)CC(C)(C)C(=O)O. The van der Waals surface area contributed by atoms with Crippen molar-refractivity contribution in [3.63, 3.8) is 0 Å². The molecule has 0 bridgehead atoms. The zero-order valence-electron chi connectivity index (χ0n) is 11.2. The van der Waals surface area contributed by atoms with Crippen LogP contribution in [-0.2, 0) is 9.59 Å². The molecule has 0 unspecified atom stereocenters. The molecular formula is C14H16N2O3. The fraction of sp³-hybridized carbons (Fsp3) is 0.357. The van der Waals surface area contributed by atoms with Crippen LogP contribution in [0, 0.1) is 23.7 Å². The maximum atomic E-state index is 11.8. The first kappa shape index (κ1) is 14.7. The fourth-order valence-corrected chi connectivity index (χ4v) is 1.50. The van der Waals surface area contributed by atoms with Gasteiger partial charge in [-0.15, -0.1) is 0 Å². The Morgan fingerprint density at radius 3 is 2.58 bits per heavy atom. The molecule has 1 amide bonds. The summed E-state index contributed by atoms with van der Waals surface area (Å²) in [4.78, 5) is 22.8. The third-order valence-electron chi connectivity index (χ3n) is 2.82. The molecular weight excluding hydrogens is 244 g/mol. The second-order valence-electron chi connectivity index (χ2n) is 5.06. The van der Waals surface area contributed by atoms with Crippen LogP contribution in [-0.4, -0.2) is 17.0 Å². The molecule has 0 aromatic heterocycles. The highest BCUT2D eigenvalue weighted by molar-refractivity contribution is 5.94. The van der Waals surface area contributed by atoms with Gasteiger partial charge in [0.25, 0.3) is 0 Å². The van der Waals surface area contributed by atoms with Crippen LogP contribution in [0.25, 0.3) is 0 Å². The van der Waals surface area contributed by atoms with Crippen LogP contribution in [0.3, 0.4) is 0 Å². The molecule has 5 heteroatoms. The molecule has 0 saturated heterocycles. The van der Waals surface area contributed by atoms with Gasteiger partial charge in [0.2, 0.25) is 5.91 Å². The van der Waals surface area contributed by atoms with Gasteiger partial charge in [-0.2, -0.15) is 5.26 Å². The lowest BCUT2D eigenvalue weighted by Gasteiger charge is -2.18. The van der Waals surface area contributed by atoms with Crippen molar-refractivity contribution in [3.8, 4) is 6.07 Å². The van der Waals surface area contributed by atoms with Crippen LogP contribution in [0.1, 0.15) is 31.4 Å². The van der Waals surface area contributed by atoms with E-state index in [9.17, 15) is 9.59 Å². The first-order chi connectivity index (χ1) is 8.76. The lowest BCUT2D eigenvalue weighted by molar-refractivity contribution is -0.148. The predicted molar refractivity (Wildman–Crippen MR) is 70.6 cm³/mol. The van der Waals surface area contributed by atoms with E-state index in [0.717, 1.165) is 5.56 Å². The van der Waals surface area contributed by atoms with Crippen LogP contribution in [0.4, 0.5) is 5.69 Å². The van der Waals surface area contributed by atoms with E-state index in [1.165, 1.54) is 13.8 Å². The van der Waals surface area contributed by atoms with E-state index in [2.05, 4.69) is 5.32 Å². The molecule has 19 heavy (non-hydrogen) atoms. The highest BCUT2D eigenvalue weighted by atomic mass is 16.4. The van der Waals surface area contributed by atoms with Gasteiger partial charge in [-0.05, 0) is 38.5 Å². The molecule has 0 aliphatic carbocycles. The Labute approximate surface area is 111 Å². The lowest BCUT2D eigenvalue weighted by Crippen LogP contribution is -2.29. The Kier molecular flexibility index (Phi) is 4.28. The Bertz CT molecular complexity index is 556. The van der Waals surface area contributed by atoms with E-state index >= 15 is 0 Å². The number of nitrogens with one attached hydrogen (secondary N) is 1. The van der Waals surface area contributed by atoms with Crippen molar-refractivity contribution in [2.45, 2.75) is 27.2 Å². The number of carbonyl (C=O) groups is 2. The Morgan fingerprint density at radius 1 is 1.42 bits per heavy atom. The zero-order chi connectivity index (χ0) is 14.6. The normalized spacial score (nSPS) is 10.6. The molecule has 0 aliphatic rings. The summed E-state index contributed by atoms with van der Waals surface area (Å²) in [7, 11) is 0. The van der Waals surface area contributed by atoms with Crippen LogP contribution in [0.2, 0.25) is 0 Å². The van der Waals surface area contributed by atoms with E-state index < -0.39 is 11.4 Å². The summed E-state index contributed by atoms with van der Waals surface area (Å²) in [5.74, 6) is -1.41. The van der Waals surface area contributed by atoms with Crippen LogP contribution in [0.5, 0.6) is 0 Å². The molecule has 1 rings (SSSR count). The number of nitriles is 1. The van der Waals surface area contributed by atoms with Crippen LogP contribution in [0.15, 0.2) is 18.2 Å². The molecule has 1 aromatic rings. The largest absolute Gasteiger partial charge is 0.481 e. The smallest absolute Gasteiger partial charge is 0.309 e. The number of benzene rings is 1. The van der Waals surface area contributed by atoms with Crippen molar-refractivity contribution in [1.29, 1.82) is 5.26 Å². The van der Waals surface area contributed by atoms with E-state index in [1.807, 2.05) is 6.07 Å². The van der Waals surface area contributed by atoms with Crippen LogP contribution >= 0.6 is 0 Å². The van der Waals surface area contributed by atoms with Crippen LogP contribution < -0.4 is 5.32 Å². The molecule has 0 heterocycles. The molecule has 0 radical (unpaired) electrons. The predicted octanol–water partition coefficient (Wildman–Crippen LogP) is 2.31. The monoisotopic (exact) mass is 260 g/mol. The van der Waals surface area contributed by atoms with E-state index in [1.54, 1.807) is 25.1 Å². The van der Waals surface area contributed by atoms with Gasteiger partial charge in [0, 0.05) is 12.1 Å². The van der Waals surface area contributed by atoms with Crippen molar-refractivity contribution in [2.75, 3.05) is 5.32 Å². The Hall–Kier alpha value is -2.35. The van der Waals surface area contributed by atoms with Gasteiger partial charge in [0.1, 0.15) is 0 Å². The lowest BCUT2D eigenvalue weighted by atomic mass is 9.89. The molecule has 5 nitrogen and oxygen atoms in total. The van der Waals surface area contributed by atoms with Crippen molar-refractivity contribution in [2.24, 2.45) is 5.41 Å². The van der Waals surface area contributed by atoms with Crippen molar-refractivity contribution >= 4 is 17.6 Å². The number of rotatable bonds is 4. The van der Waals surface area contributed by atoms with Gasteiger partial charge in [-0.1, -0.05) is 6.07 Å².